The number of hydrogen-bond acceptors (Lipinski definition) is 6. The van der Waals surface area contributed by atoms with Crippen LogP contribution in [0.25, 0.3) is 0 Å². The second kappa shape index (κ2) is 8.82. The lowest BCUT2D eigenvalue weighted by Gasteiger charge is -2.42. The molecule has 0 bridgehead atoms. The third kappa shape index (κ3) is 6.02. The summed E-state index contributed by atoms with van der Waals surface area (Å²) in [6.07, 6.45) is 2.31. The first kappa shape index (κ1) is 21.3. The van der Waals surface area contributed by atoms with Crippen LogP contribution in [-0.2, 0) is 4.79 Å². The number of nitroso groups, excluding NO2 is 1. The molecule has 1 saturated heterocycles. The summed E-state index contributed by atoms with van der Waals surface area (Å²) >= 11 is 5.99. The molecule has 2 rings (SSSR count). The minimum absolute atomic E-state index is 0.0131. The van der Waals surface area contributed by atoms with Crippen LogP contribution in [0, 0.1) is 22.2 Å². The molecule has 4 N–H and O–H groups in total. The number of nitrogens with zero attached hydrogens (tertiary/aromatic N) is 3. The normalized spacial score (nSPS) is 21.7. The highest BCUT2D eigenvalue weighted by atomic mass is 35.5. The summed E-state index contributed by atoms with van der Waals surface area (Å²) in [5, 5.41) is 4.64. The lowest BCUT2D eigenvalue weighted by Crippen LogP contribution is -2.47. The Kier molecular flexibility index (Phi) is 6.97. The number of amides is 1. The van der Waals surface area contributed by atoms with Crippen LogP contribution in [0.15, 0.2) is 41.3 Å². The van der Waals surface area contributed by atoms with Crippen molar-refractivity contribution < 1.29 is 4.79 Å². The van der Waals surface area contributed by atoms with Crippen LogP contribution in [0.4, 0.5) is 5.69 Å². The van der Waals surface area contributed by atoms with Crippen LogP contribution in [0.3, 0.4) is 0 Å². The molecular formula is C19H28ClN5O2. The number of likely N-dealkylation sites (tertiary alicyclic amines) is 1. The van der Waals surface area contributed by atoms with Crippen molar-refractivity contribution in [1.29, 1.82) is 0 Å². The molecular weight excluding hydrogens is 366 g/mol. The van der Waals surface area contributed by atoms with E-state index in [4.69, 9.17) is 23.2 Å². The van der Waals surface area contributed by atoms with E-state index < -0.39 is 11.8 Å². The standard InChI is InChI=1S/C19H28ClN5O2/c1-19(2,3)14-7-13(18(26)23-27)9-24(10-14)11-16(21)12-25(22)17-6-4-5-15(20)8-17/h4-6,8,12-14H,7,9-11,21-22H2,1-3H3/b16-12-. The van der Waals surface area contributed by atoms with E-state index in [-0.39, 0.29) is 11.3 Å². The van der Waals surface area contributed by atoms with E-state index in [9.17, 15) is 9.70 Å². The second-order valence-corrected chi connectivity index (χ2v) is 8.65. The van der Waals surface area contributed by atoms with Gasteiger partial charge in [-0.15, -0.1) is 4.91 Å². The summed E-state index contributed by atoms with van der Waals surface area (Å²) in [6, 6.07) is 7.15. The van der Waals surface area contributed by atoms with E-state index in [1.54, 1.807) is 18.3 Å². The lowest BCUT2D eigenvalue weighted by molar-refractivity contribution is -0.124. The fourth-order valence-corrected chi connectivity index (χ4v) is 3.57. The molecule has 1 aliphatic rings. The van der Waals surface area contributed by atoms with Gasteiger partial charge in [-0.1, -0.05) is 38.4 Å². The van der Waals surface area contributed by atoms with Crippen molar-refractivity contribution in [3.63, 3.8) is 0 Å². The maximum absolute atomic E-state index is 11.9. The summed E-state index contributed by atoms with van der Waals surface area (Å²) in [6.45, 7) is 8.12. The van der Waals surface area contributed by atoms with E-state index in [1.165, 1.54) is 5.01 Å². The summed E-state index contributed by atoms with van der Waals surface area (Å²) in [7, 11) is 0. The lowest BCUT2D eigenvalue weighted by atomic mass is 9.73. The first-order valence-electron chi connectivity index (χ1n) is 8.95. The molecule has 1 aromatic carbocycles. The monoisotopic (exact) mass is 393 g/mol. The van der Waals surface area contributed by atoms with E-state index in [1.807, 2.05) is 12.1 Å². The zero-order valence-corrected chi connectivity index (χ0v) is 16.8. The molecule has 2 atom stereocenters. The number of hydrazine groups is 1. The smallest absolute Gasteiger partial charge is 0.290 e. The van der Waals surface area contributed by atoms with E-state index in [0.717, 1.165) is 12.2 Å². The first-order chi connectivity index (χ1) is 12.6. The molecule has 2 unspecified atom stereocenters. The number of anilines is 1. The number of rotatable bonds is 5. The van der Waals surface area contributed by atoms with Crippen molar-refractivity contribution in [2.75, 3.05) is 24.6 Å². The topological polar surface area (TPSA) is 105 Å². The van der Waals surface area contributed by atoms with Crippen molar-refractivity contribution in [2.45, 2.75) is 27.2 Å². The predicted octanol–water partition coefficient (Wildman–Crippen LogP) is 3.10. The minimum Gasteiger partial charge on any atom is -0.400 e. The molecule has 1 aliphatic heterocycles. The van der Waals surface area contributed by atoms with Crippen LogP contribution in [0.1, 0.15) is 27.2 Å². The quantitative estimate of drug-likeness (QED) is 0.452. The average molecular weight is 394 g/mol. The Labute approximate surface area is 165 Å². The number of benzene rings is 1. The van der Waals surface area contributed by atoms with Gasteiger partial charge in [0, 0.05) is 41.7 Å². The summed E-state index contributed by atoms with van der Waals surface area (Å²) in [5.41, 5.74) is 7.47. The zero-order valence-electron chi connectivity index (χ0n) is 16.1. The SMILES string of the molecule is CC(C)(C)C1CC(C(=O)N=O)CN(C/C(N)=C/N(N)c2cccc(Cl)c2)C1. The maximum Gasteiger partial charge on any atom is 0.290 e. The van der Waals surface area contributed by atoms with E-state index in [2.05, 4.69) is 30.8 Å². The molecule has 7 nitrogen and oxygen atoms in total. The Morgan fingerprint density at radius 3 is 2.70 bits per heavy atom. The minimum atomic E-state index is -0.587. The van der Waals surface area contributed by atoms with Gasteiger partial charge in [0.2, 0.25) is 0 Å². The Bertz CT molecular complexity index is 716. The van der Waals surface area contributed by atoms with Crippen LogP contribution in [0.5, 0.6) is 0 Å². The molecule has 0 saturated carbocycles. The highest BCUT2D eigenvalue weighted by Crippen LogP contribution is 2.36. The van der Waals surface area contributed by atoms with Gasteiger partial charge in [-0.3, -0.25) is 14.7 Å². The molecule has 1 heterocycles. The van der Waals surface area contributed by atoms with Crippen molar-refractivity contribution in [2.24, 2.45) is 34.0 Å². The Morgan fingerprint density at radius 2 is 2.11 bits per heavy atom. The summed E-state index contributed by atoms with van der Waals surface area (Å²) in [4.78, 5) is 24.7. The van der Waals surface area contributed by atoms with E-state index in [0.29, 0.717) is 30.2 Å². The Morgan fingerprint density at radius 1 is 1.41 bits per heavy atom. The van der Waals surface area contributed by atoms with Gasteiger partial charge in [0.15, 0.2) is 0 Å². The van der Waals surface area contributed by atoms with Gasteiger partial charge in [0.05, 0.1) is 11.6 Å². The third-order valence-corrected chi connectivity index (χ3v) is 5.24. The van der Waals surface area contributed by atoms with Crippen LogP contribution >= 0.6 is 11.6 Å². The molecule has 1 amide bonds. The highest BCUT2D eigenvalue weighted by molar-refractivity contribution is 6.30. The zero-order chi connectivity index (χ0) is 20.2. The van der Waals surface area contributed by atoms with Gasteiger partial charge in [0.25, 0.3) is 5.91 Å². The van der Waals surface area contributed by atoms with Crippen molar-refractivity contribution >= 4 is 23.2 Å². The summed E-state index contributed by atoms with van der Waals surface area (Å²) in [5.74, 6) is 5.33. The van der Waals surface area contributed by atoms with Crippen LogP contribution in [0.2, 0.25) is 5.02 Å². The van der Waals surface area contributed by atoms with Crippen molar-refractivity contribution in [1.82, 2.24) is 4.90 Å². The van der Waals surface area contributed by atoms with Gasteiger partial charge in [0.1, 0.15) is 0 Å². The van der Waals surface area contributed by atoms with Gasteiger partial charge in [-0.25, -0.2) is 5.84 Å². The van der Waals surface area contributed by atoms with Gasteiger partial charge >= 0.3 is 0 Å². The molecule has 0 spiro atoms. The van der Waals surface area contributed by atoms with Crippen LogP contribution in [-0.4, -0.2) is 30.4 Å². The molecule has 0 radical (unpaired) electrons. The highest BCUT2D eigenvalue weighted by Gasteiger charge is 2.37. The molecule has 27 heavy (non-hydrogen) atoms. The van der Waals surface area contributed by atoms with Crippen molar-refractivity contribution in [3.05, 3.63) is 46.1 Å². The summed E-state index contributed by atoms with van der Waals surface area (Å²) < 4.78 is 0. The fourth-order valence-electron chi connectivity index (χ4n) is 3.39. The number of piperidine rings is 1. The Balaban J connectivity index is 2.10. The van der Waals surface area contributed by atoms with Crippen LogP contribution < -0.4 is 16.6 Å². The predicted molar refractivity (Wildman–Crippen MR) is 109 cm³/mol. The van der Waals surface area contributed by atoms with E-state index >= 15 is 0 Å². The molecule has 148 valence electrons. The molecule has 1 aromatic rings. The number of nitrogens with two attached hydrogens (primary N) is 2. The number of carbonyl (C=O) groups excluding carboxylic acids is 1. The van der Waals surface area contributed by atoms with Gasteiger partial charge in [-0.2, -0.15) is 0 Å². The molecule has 0 aromatic heterocycles. The molecule has 0 aliphatic carbocycles. The Hall–Kier alpha value is -1.96. The average Bonchev–Trinajstić information content (AvgIpc) is 2.59. The fraction of sp³-hybridized carbons (Fsp3) is 0.526. The molecule has 8 heteroatoms. The molecule has 1 fully saturated rings. The maximum atomic E-state index is 11.9. The van der Waals surface area contributed by atoms with Gasteiger partial charge in [-0.05, 0) is 36.0 Å². The largest absolute Gasteiger partial charge is 0.400 e. The first-order valence-corrected chi connectivity index (χ1v) is 9.33. The number of halogens is 1. The van der Waals surface area contributed by atoms with Gasteiger partial charge < -0.3 is 5.73 Å². The third-order valence-electron chi connectivity index (χ3n) is 5.01. The van der Waals surface area contributed by atoms with Crippen molar-refractivity contribution in [3.8, 4) is 0 Å². The number of hydrogen-bond donors (Lipinski definition) is 2. The second-order valence-electron chi connectivity index (χ2n) is 8.21. The number of carbonyl (C=O) groups is 1.